The van der Waals surface area contributed by atoms with E-state index in [0.717, 1.165) is 11.3 Å². The van der Waals surface area contributed by atoms with E-state index in [2.05, 4.69) is 5.32 Å². The van der Waals surface area contributed by atoms with Crippen molar-refractivity contribution in [1.29, 1.82) is 0 Å². The van der Waals surface area contributed by atoms with Crippen LogP contribution in [0.1, 0.15) is 22.3 Å². The Balaban J connectivity index is 1.90. The second-order valence-corrected chi connectivity index (χ2v) is 7.99. The van der Waals surface area contributed by atoms with E-state index in [4.69, 9.17) is 4.74 Å². The molecule has 2 rings (SSSR count). The standard InChI is InChI=1S/C19H24N2O4S/c1-15-6-4-7-17(14-15)25-13-5-12-21(3)26(23,24)18-10-8-16(9-11-18)19(22)20-2/h4,6-11,14H,5,12-13H2,1-3H3,(H,20,22). The van der Waals surface area contributed by atoms with Gasteiger partial charge in [-0.25, -0.2) is 12.7 Å². The van der Waals surface area contributed by atoms with Gasteiger partial charge in [-0.15, -0.1) is 0 Å². The van der Waals surface area contributed by atoms with Gasteiger partial charge in [0, 0.05) is 26.2 Å². The lowest BCUT2D eigenvalue weighted by atomic mass is 10.2. The van der Waals surface area contributed by atoms with Crippen molar-refractivity contribution in [3.63, 3.8) is 0 Å². The van der Waals surface area contributed by atoms with Gasteiger partial charge in [0.1, 0.15) is 5.75 Å². The van der Waals surface area contributed by atoms with E-state index in [0.29, 0.717) is 25.1 Å². The number of rotatable bonds is 8. The molecule has 0 bridgehead atoms. The highest BCUT2D eigenvalue weighted by Gasteiger charge is 2.20. The molecule has 2 aromatic carbocycles. The molecule has 0 aliphatic rings. The largest absolute Gasteiger partial charge is 0.494 e. The number of amides is 1. The van der Waals surface area contributed by atoms with Crippen molar-refractivity contribution in [3.05, 3.63) is 59.7 Å². The molecule has 1 N–H and O–H groups in total. The lowest BCUT2D eigenvalue weighted by Crippen LogP contribution is -2.29. The molecule has 0 heterocycles. The minimum atomic E-state index is -3.59. The number of carbonyl (C=O) groups is 1. The van der Waals surface area contributed by atoms with Crippen LogP contribution in [0.15, 0.2) is 53.4 Å². The first kappa shape index (κ1) is 19.9. The molecule has 0 atom stereocenters. The first-order valence-electron chi connectivity index (χ1n) is 8.32. The molecular formula is C19H24N2O4S. The quantitative estimate of drug-likeness (QED) is 0.718. The third kappa shape index (κ3) is 5.06. The van der Waals surface area contributed by atoms with Crippen LogP contribution in [0.4, 0.5) is 0 Å². The molecule has 0 aliphatic carbocycles. The Morgan fingerprint density at radius 1 is 1.15 bits per heavy atom. The maximum atomic E-state index is 12.6. The molecule has 140 valence electrons. The van der Waals surface area contributed by atoms with Gasteiger partial charge in [0.25, 0.3) is 5.91 Å². The van der Waals surface area contributed by atoms with Gasteiger partial charge in [-0.05, 0) is 55.3 Å². The monoisotopic (exact) mass is 376 g/mol. The zero-order chi connectivity index (χ0) is 19.2. The van der Waals surface area contributed by atoms with Gasteiger partial charge in [0.15, 0.2) is 0 Å². The van der Waals surface area contributed by atoms with Crippen LogP contribution in [0.2, 0.25) is 0 Å². The smallest absolute Gasteiger partial charge is 0.251 e. The third-order valence-electron chi connectivity index (χ3n) is 3.93. The average molecular weight is 376 g/mol. The Hall–Kier alpha value is -2.38. The SMILES string of the molecule is CNC(=O)c1ccc(S(=O)(=O)N(C)CCCOc2cccc(C)c2)cc1. The van der Waals surface area contributed by atoms with Gasteiger partial charge in [-0.3, -0.25) is 4.79 Å². The number of hydrogen-bond acceptors (Lipinski definition) is 4. The molecular weight excluding hydrogens is 352 g/mol. The number of ether oxygens (including phenoxy) is 1. The maximum Gasteiger partial charge on any atom is 0.251 e. The van der Waals surface area contributed by atoms with Gasteiger partial charge in [0.2, 0.25) is 10.0 Å². The van der Waals surface area contributed by atoms with Crippen molar-refractivity contribution in [1.82, 2.24) is 9.62 Å². The first-order valence-corrected chi connectivity index (χ1v) is 9.76. The zero-order valence-electron chi connectivity index (χ0n) is 15.2. The molecule has 0 aromatic heterocycles. The number of benzene rings is 2. The van der Waals surface area contributed by atoms with E-state index < -0.39 is 10.0 Å². The summed E-state index contributed by atoms with van der Waals surface area (Å²) < 4.78 is 32.1. The molecule has 6 nitrogen and oxygen atoms in total. The minimum Gasteiger partial charge on any atom is -0.494 e. The van der Waals surface area contributed by atoms with Crippen LogP contribution >= 0.6 is 0 Å². The summed E-state index contributed by atoms with van der Waals surface area (Å²) in [5.74, 6) is 0.524. The summed E-state index contributed by atoms with van der Waals surface area (Å²) in [6.45, 7) is 2.76. The number of nitrogens with zero attached hydrogens (tertiary/aromatic N) is 1. The van der Waals surface area contributed by atoms with E-state index in [1.165, 1.54) is 42.7 Å². The van der Waals surface area contributed by atoms with Crippen LogP contribution in [0.25, 0.3) is 0 Å². The molecule has 0 saturated carbocycles. The Morgan fingerprint density at radius 2 is 1.85 bits per heavy atom. The number of carbonyl (C=O) groups excluding carboxylic acids is 1. The van der Waals surface area contributed by atoms with Crippen molar-refractivity contribution in [2.24, 2.45) is 0 Å². The lowest BCUT2D eigenvalue weighted by Gasteiger charge is -2.17. The molecule has 0 unspecified atom stereocenters. The minimum absolute atomic E-state index is 0.159. The predicted octanol–water partition coefficient (Wildman–Crippen LogP) is 2.44. The number of nitrogens with one attached hydrogen (secondary N) is 1. The molecule has 1 amide bonds. The predicted molar refractivity (Wildman–Crippen MR) is 101 cm³/mol. The molecule has 2 aromatic rings. The zero-order valence-corrected chi connectivity index (χ0v) is 16.0. The van der Waals surface area contributed by atoms with E-state index in [1.807, 2.05) is 31.2 Å². The normalized spacial score (nSPS) is 11.4. The highest BCUT2D eigenvalue weighted by Crippen LogP contribution is 2.16. The summed E-state index contributed by atoms with van der Waals surface area (Å²) in [6, 6.07) is 13.6. The Bertz CT molecular complexity index is 848. The van der Waals surface area contributed by atoms with Gasteiger partial charge in [0.05, 0.1) is 11.5 Å². The van der Waals surface area contributed by atoms with Crippen LogP contribution < -0.4 is 10.1 Å². The van der Waals surface area contributed by atoms with Crippen molar-refractivity contribution in [3.8, 4) is 5.75 Å². The average Bonchev–Trinajstić information content (AvgIpc) is 2.64. The number of hydrogen-bond donors (Lipinski definition) is 1. The number of sulfonamides is 1. The third-order valence-corrected chi connectivity index (χ3v) is 5.80. The lowest BCUT2D eigenvalue weighted by molar-refractivity contribution is 0.0963. The fourth-order valence-electron chi connectivity index (χ4n) is 2.41. The Kier molecular flexibility index (Phi) is 6.76. The summed E-state index contributed by atoms with van der Waals surface area (Å²) in [4.78, 5) is 11.7. The summed E-state index contributed by atoms with van der Waals surface area (Å²) in [5, 5.41) is 2.50. The molecule has 0 fully saturated rings. The topological polar surface area (TPSA) is 75.7 Å². The van der Waals surface area contributed by atoms with E-state index >= 15 is 0 Å². The molecule has 0 radical (unpaired) electrons. The van der Waals surface area contributed by atoms with Gasteiger partial charge in [-0.1, -0.05) is 12.1 Å². The molecule has 0 aliphatic heterocycles. The van der Waals surface area contributed by atoms with Crippen LogP contribution in [-0.4, -0.2) is 45.9 Å². The number of aryl methyl sites for hydroxylation is 1. The highest BCUT2D eigenvalue weighted by atomic mass is 32.2. The fourth-order valence-corrected chi connectivity index (χ4v) is 3.61. The van der Waals surface area contributed by atoms with Crippen molar-refractivity contribution < 1.29 is 17.9 Å². The second-order valence-electron chi connectivity index (χ2n) is 5.95. The van der Waals surface area contributed by atoms with Gasteiger partial charge < -0.3 is 10.1 Å². The summed E-state index contributed by atoms with van der Waals surface area (Å²) >= 11 is 0. The van der Waals surface area contributed by atoms with Crippen LogP contribution in [0.3, 0.4) is 0 Å². The summed E-state index contributed by atoms with van der Waals surface area (Å²) in [7, 11) is -0.530. The van der Waals surface area contributed by atoms with Crippen LogP contribution in [0.5, 0.6) is 5.75 Å². The van der Waals surface area contributed by atoms with Crippen molar-refractivity contribution in [2.45, 2.75) is 18.2 Å². The van der Waals surface area contributed by atoms with Gasteiger partial charge in [-0.2, -0.15) is 0 Å². The first-order chi connectivity index (χ1) is 12.3. The fraction of sp³-hybridized carbons (Fsp3) is 0.316. The van der Waals surface area contributed by atoms with Crippen molar-refractivity contribution in [2.75, 3.05) is 27.2 Å². The van der Waals surface area contributed by atoms with Crippen molar-refractivity contribution >= 4 is 15.9 Å². The molecule has 26 heavy (non-hydrogen) atoms. The maximum absolute atomic E-state index is 12.6. The molecule has 0 spiro atoms. The van der Waals surface area contributed by atoms with Gasteiger partial charge >= 0.3 is 0 Å². The summed E-state index contributed by atoms with van der Waals surface area (Å²) in [6.07, 6.45) is 0.569. The van der Waals surface area contributed by atoms with Crippen LogP contribution in [-0.2, 0) is 10.0 Å². The summed E-state index contributed by atoms with van der Waals surface area (Å²) in [5.41, 5.74) is 1.53. The Labute approximate surface area is 154 Å². The molecule has 7 heteroatoms. The highest BCUT2D eigenvalue weighted by molar-refractivity contribution is 7.89. The van der Waals surface area contributed by atoms with E-state index in [1.54, 1.807) is 0 Å². The van der Waals surface area contributed by atoms with E-state index in [-0.39, 0.29) is 10.8 Å². The molecule has 0 saturated heterocycles. The Morgan fingerprint density at radius 3 is 2.46 bits per heavy atom. The van der Waals surface area contributed by atoms with E-state index in [9.17, 15) is 13.2 Å². The van der Waals surface area contributed by atoms with Crippen LogP contribution in [0, 0.1) is 6.92 Å². The second kappa shape index (κ2) is 8.82.